The van der Waals surface area contributed by atoms with Crippen LogP contribution in [0.4, 0.5) is 0 Å². The second kappa shape index (κ2) is 4.84. The molecule has 0 saturated carbocycles. The fourth-order valence-electron chi connectivity index (χ4n) is 1.24. The third kappa shape index (κ3) is 2.86. The lowest BCUT2D eigenvalue weighted by Crippen LogP contribution is -2.17. The molecule has 2 heterocycles. The Labute approximate surface area is 92.3 Å². The van der Waals surface area contributed by atoms with E-state index >= 15 is 0 Å². The Kier molecular flexibility index (Phi) is 3.25. The number of nitrogens with zero attached hydrogens (tertiary/aromatic N) is 4. The van der Waals surface area contributed by atoms with Crippen LogP contribution in [-0.2, 0) is 13.0 Å². The number of hydrogen-bond donors (Lipinski definition) is 1. The highest BCUT2D eigenvalue weighted by molar-refractivity contribution is 4.84. The van der Waals surface area contributed by atoms with Crippen molar-refractivity contribution in [1.29, 1.82) is 0 Å². The molecule has 0 fully saturated rings. The number of hydrogen-bond acceptors (Lipinski definition) is 7. The van der Waals surface area contributed by atoms with Gasteiger partial charge in [0.15, 0.2) is 5.82 Å². The van der Waals surface area contributed by atoms with Crippen LogP contribution in [0.3, 0.4) is 0 Å². The van der Waals surface area contributed by atoms with Crippen molar-refractivity contribution in [3.8, 4) is 0 Å². The number of nitrogens with one attached hydrogen (secondary N) is 1. The molecule has 0 aliphatic carbocycles. The third-order valence-corrected chi connectivity index (χ3v) is 1.93. The van der Waals surface area contributed by atoms with Gasteiger partial charge in [0.25, 0.3) is 0 Å². The summed E-state index contributed by atoms with van der Waals surface area (Å²) in [6.45, 7) is 4.83. The minimum Gasteiger partial charge on any atom is -0.424 e. The number of aryl methyl sites for hydroxylation is 2. The number of rotatable bonds is 5. The molecule has 2 aromatic heterocycles. The summed E-state index contributed by atoms with van der Waals surface area (Å²) < 4.78 is 10.2. The molecule has 86 valence electrons. The van der Waals surface area contributed by atoms with E-state index in [1.165, 1.54) is 0 Å². The summed E-state index contributed by atoms with van der Waals surface area (Å²) in [7, 11) is 0. The van der Waals surface area contributed by atoms with Crippen LogP contribution in [0.5, 0.6) is 0 Å². The summed E-state index contributed by atoms with van der Waals surface area (Å²) in [5, 5.41) is 14.4. The second-order valence-electron chi connectivity index (χ2n) is 3.38. The molecule has 1 N–H and O–H groups in total. The Hall–Kier alpha value is -1.76. The van der Waals surface area contributed by atoms with E-state index in [1.807, 2.05) is 0 Å². The van der Waals surface area contributed by atoms with Gasteiger partial charge in [0, 0.05) is 19.9 Å². The van der Waals surface area contributed by atoms with Gasteiger partial charge in [-0.3, -0.25) is 0 Å². The van der Waals surface area contributed by atoms with Gasteiger partial charge < -0.3 is 14.3 Å². The molecule has 0 bridgehead atoms. The molecular weight excluding hydrogens is 210 g/mol. The summed E-state index contributed by atoms with van der Waals surface area (Å²) >= 11 is 0. The van der Waals surface area contributed by atoms with Crippen LogP contribution in [0.15, 0.2) is 8.94 Å². The average Bonchev–Trinajstić information content (AvgIpc) is 2.83. The van der Waals surface area contributed by atoms with Crippen molar-refractivity contribution in [2.75, 3.05) is 6.54 Å². The molecule has 7 nitrogen and oxygen atoms in total. The van der Waals surface area contributed by atoms with Gasteiger partial charge in [0.1, 0.15) is 0 Å². The van der Waals surface area contributed by atoms with Crippen LogP contribution in [0.1, 0.15) is 23.5 Å². The third-order valence-electron chi connectivity index (χ3n) is 1.93. The van der Waals surface area contributed by atoms with Gasteiger partial charge in [-0.2, -0.15) is 4.98 Å². The van der Waals surface area contributed by atoms with E-state index in [1.54, 1.807) is 13.8 Å². The van der Waals surface area contributed by atoms with Crippen molar-refractivity contribution < 1.29 is 8.94 Å². The van der Waals surface area contributed by atoms with Gasteiger partial charge in [0.05, 0.1) is 6.54 Å². The largest absolute Gasteiger partial charge is 0.424 e. The fraction of sp³-hybridized carbons (Fsp3) is 0.556. The molecule has 0 spiro atoms. The van der Waals surface area contributed by atoms with Crippen LogP contribution >= 0.6 is 0 Å². The molecule has 0 saturated heterocycles. The van der Waals surface area contributed by atoms with Crippen molar-refractivity contribution >= 4 is 0 Å². The van der Waals surface area contributed by atoms with Crippen LogP contribution in [0.25, 0.3) is 0 Å². The van der Waals surface area contributed by atoms with Crippen molar-refractivity contribution in [3.05, 3.63) is 23.5 Å². The monoisotopic (exact) mass is 223 g/mol. The molecule has 0 aromatic carbocycles. The SMILES string of the molecule is Cc1noc(CCNCc2nnc(C)o2)n1. The molecule has 2 rings (SSSR count). The zero-order chi connectivity index (χ0) is 11.4. The van der Waals surface area contributed by atoms with E-state index in [9.17, 15) is 0 Å². The smallest absolute Gasteiger partial charge is 0.230 e. The highest BCUT2D eigenvalue weighted by Crippen LogP contribution is 1.98. The van der Waals surface area contributed by atoms with Crippen LogP contribution in [-0.4, -0.2) is 26.9 Å². The Morgan fingerprint density at radius 1 is 1.19 bits per heavy atom. The second-order valence-corrected chi connectivity index (χ2v) is 3.38. The Morgan fingerprint density at radius 3 is 2.69 bits per heavy atom. The molecule has 0 atom stereocenters. The first kappa shape index (κ1) is 10.7. The normalized spacial score (nSPS) is 10.9. The zero-order valence-corrected chi connectivity index (χ0v) is 9.23. The molecule has 0 aliphatic heterocycles. The molecule has 0 radical (unpaired) electrons. The van der Waals surface area contributed by atoms with Crippen molar-refractivity contribution in [2.24, 2.45) is 0 Å². The van der Waals surface area contributed by atoms with Crippen molar-refractivity contribution in [1.82, 2.24) is 25.7 Å². The number of aromatic nitrogens is 4. The van der Waals surface area contributed by atoms with Gasteiger partial charge in [-0.05, 0) is 6.92 Å². The average molecular weight is 223 g/mol. The summed E-state index contributed by atoms with van der Waals surface area (Å²) in [6, 6.07) is 0. The molecule has 0 unspecified atom stereocenters. The van der Waals surface area contributed by atoms with E-state index in [-0.39, 0.29) is 0 Å². The minimum atomic E-state index is 0.550. The highest BCUT2D eigenvalue weighted by Gasteiger charge is 2.03. The predicted molar refractivity (Wildman–Crippen MR) is 53.5 cm³/mol. The summed E-state index contributed by atoms with van der Waals surface area (Å²) in [5.74, 6) is 2.44. The van der Waals surface area contributed by atoms with E-state index < -0.39 is 0 Å². The van der Waals surface area contributed by atoms with Gasteiger partial charge in [-0.15, -0.1) is 10.2 Å². The first-order valence-electron chi connectivity index (χ1n) is 5.03. The lowest BCUT2D eigenvalue weighted by molar-refractivity contribution is 0.370. The topological polar surface area (TPSA) is 89.9 Å². The summed E-state index contributed by atoms with van der Waals surface area (Å²) in [4.78, 5) is 4.09. The minimum absolute atomic E-state index is 0.550. The first-order chi connectivity index (χ1) is 7.74. The lowest BCUT2D eigenvalue weighted by Gasteiger charge is -1.97. The fourth-order valence-corrected chi connectivity index (χ4v) is 1.24. The lowest BCUT2D eigenvalue weighted by atomic mass is 10.4. The molecule has 0 amide bonds. The predicted octanol–water partition coefficient (Wildman–Crippen LogP) is 0.402. The van der Waals surface area contributed by atoms with Crippen molar-refractivity contribution in [2.45, 2.75) is 26.8 Å². The Morgan fingerprint density at radius 2 is 2.06 bits per heavy atom. The Bertz CT molecular complexity index is 408. The van der Waals surface area contributed by atoms with E-state index in [4.69, 9.17) is 8.94 Å². The maximum atomic E-state index is 5.20. The van der Waals surface area contributed by atoms with Gasteiger partial charge >= 0.3 is 0 Å². The van der Waals surface area contributed by atoms with E-state index in [0.717, 1.165) is 6.54 Å². The highest BCUT2D eigenvalue weighted by atomic mass is 16.5. The van der Waals surface area contributed by atoms with Crippen molar-refractivity contribution in [3.63, 3.8) is 0 Å². The van der Waals surface area contributed by atoms with Crippen LogP contribution in [0, 0.1) is 13.8 Å². The van der Waals surface area contributed by atoms with Gasteiger partial charge in [-0.25, -0.2) is 0 Å². The van der Waals surface area contributed by atoms with E-state index in [0.29, 0.717) is 36.5 Å². The molecule has 0 aliphatic rings. The summed E-state index contributed by atoms with van der Waals surface area (Å²) in [5.41, 5.74) is 0. The Balaban J connectivity index is 1.69. The maximum Gasteiger partial charge on any atom is 0.230 e. The van der Waals surface area contributed by atoms with Crippen LogP contribution in [0.2, 0.25) is 0 Å². The molecule has 2 aromatic rings. The standard InChI is InChI=1S/C9H13N5O2/c1-6-11-8(16-14-6)3-4-10-5-9-13-12-7(2)15-9/h10H,3-5H2,1-2H3. The van der Waals surface area contributed by atoms with Gasteiger partial charge in [0.2, 0.25) is 17.7 Å². The van der Waals surface area contributed by atoms with Crippen LogP contribution < -0.4 is 5.32 Å². The molecular formula is C9H13N5O2. The molecule has 16 heavy (non-hydrogen) atoms. The molecule has 7 heteroatoms. The van der Waals surface area contributed by atoms with Gasteiger partial charge in [-0.1, -0.05) is 5.16 Å². The van der Waals surface area contributed by atoms with E-state index in [2.05, 4.69) is 25.7 Å². The quantitative estimate of drug-likeness (QED) is 0.734. The summed E-state index contributed by atoms with van der Waals surface area (Å²) in [6.07, 6.45) is 0.688. The maximum absolute atomic E-state index is 5.20. The zero-order valence-electron chi connectivity index (χ0n) is 9.23. The first-order valence-corrected chi connectivity index (χ1v) is 5.03.